The highest BCUT2D eigenvalue weighted by atomic mass is 15.0. The molecule has 5 aromatic rings. The van der Waals surface area contributed by atoms with Crippen molar-refractivity contribution in [2.75, 3.05) is 5.73 Å². The molecule has 0 fully saturated rings. The molecule has 4 heterocycles. The molecular weight excluding hydrogens is 340 g/mol. The molecular formula is C19H14N8. The van der Waals surface area contributed by atoms with Gasteiger partial charge in [0.1, 0.15) is 29.2 Å². The maximum absolute atomic E-state index is 6.11. The van der Waals surface area contributed by atoms with E-state index < -0.39 is 0 Å². The second kappa shape index (κ2) is 5.80. The minimum absolute atomic E-state index is 0.454. The van der Waals surface area contributed by atoms with E-state index in [-0.39, 0.29) is 0 Å². The van der Waals surface area contributed by atoms with Crippen LogP contribution in [-0.2, 0) is 0 Å². The summed E-state index contributed by atoms with van der Waals surface area (Å²) >= 11 is 0. The topological polar surface area (TPSA) is 119 Å². The van der Waals surface area contributed by atoms with Crippen LogP contribution in [0.5, 0.6) is 0 Å². The van der Waals surface area contributed by atoms with Crippen molar-refractivity contribution in [2.45, 2.75) is 6.92 Å². The third-order valence-corrected chi connectivity index (χ3v) is 4.41. The highest BCUT2D eigenvalue weighted by Crippen LogP contribution is 2.35. The SMILES string of the molecule is Cc1nc(N)c2cccc(-c3ncccc3-c3ncnc4nc[nH]c34)c2n1. The summed E-state index contributed by atoms with van der Waals surface area (Å²) in [5, 5.41) is 0.795. The molecule has 3 N–H and O–H groups in total. The fourth-order valence-corrected chi connectivity index (χ4v) is 3.26. The molecule has 5 rings (SSSR count). The predicted octanol–water partition coefficient (Wildman–Crippen LogP) is 2.92. The maximum Gasteiger partial charge on any atom is 0.181 e. The summed E-state index contributed by atoms with van der Waals surface area (Å²) in [6.07, 6.45) is 4.86. The van der Waals surface area contributed by atoms with E-state index in [2.05, 4.69) is 34.9 Å². The van der Waals surface area contributed by atoms with Crippen LogP contribution in [0.25, 0.3) is 44.6 Å². The Hall–Kier alpha value is -3.94. The first-order valence-corrected chi connectivity index (χ1v) is 8.35. The van der Waals surface area contributed by atoms with Crippen molar-refractivity contribution in [3.63, 3.8) is 0 Å². The van der Waals surface area contributed by atoms with Crippen molar-refractivity contribution in [3.05, 3.63) is 55.0 Å². The van der Waals surface area contributed by atoms with Crippen LogP contribution in [0.4, 0.5) is 5.82 Å². The van der Waals surface area contributed by atoms with Crippen LogP contribution in [-0.4, -0.2) is 34.9 Å². The van der Waals surface area contributed by atoms with Crippen LogP contribution in [0.1, 0.15) is 5.82 Å². The number of fused-ring (bicyclic) bond motifs is 2. The Bertz CT molecular complexity index is 1310. The number of benzene rings is 1. The van der Waals surface area contributed by atoms with Gasteiger partial charge in [-0.1, -0.05) is 12.1 Å². The van der Waals surface area contributed by atoms with Gasteiger partial charge in [0.15, 0.2) is 5.65 Å². The molecule has 0 aliphatic carbocycles. The van der Waals surface area contributed by atoms with Crippen molar-refractivity contribution in [1.82, 2.24) is 34.9 Å². The quantitative estimate of drug-likeness (QED) is 0.500. The first kappa shape index (κ1) is 15.3. The lowest BCUT2D eigenvalue weighted by atomic mass is 10.00. The number of anilines is 1. The highest BCUT2D eigenvalue weighted by molar-refractivity contribution is 6.02. The number of aromatic nitrogens is 7. The van der Waals surface area contributed by atoms with Crippen LogP contribution in [0.2, 0.25) is 0 Å². The highest BCUT2D eigenvalue weighted by Gasteiger charge is 2.17. The summed E-state index contributed by atoms with van der Waals surface area (Å²) in [5.41, 5.74) is 11.5. The van der Waals surface area contributed by atoms with E-state index in [0.717, 1.165) is 38.9 Å². The zero-order valence-corrected chi connectivity index (χ0v) is 14.4. The van der Waals surface area contributed by atoms with Gasteiger partial charge in [-0.05, 0) is 25.1 Å². The number of hydrogen-bond donors (Lipinski definition) is 2. The Labute approximate surface area is 153 Å². The van der Waals surface area contributed by atoms with E-state index in [9.17, 15) is 0 Å². The van der Waals surface area contributed by atoms with E-state index in [1.807, 2.05) is 37.3 Å². The van der Waals surface area contributed by atoms with Gasteiger partial charge in [-0.2, -0.15) is 0 Å². The third-order valence-electron chi connectivity index (χ3n) is 4.41. The molecule has 0 spiro atoms. The van der Waals surface area contributed by atoms with Crippen molar-refractivity contribution < 1.29 is 0 Å². The Balaban J connectivity index is 1.85. The monoisotopic (exact) mass is 354 g/mol. The fourth-order valence-electron chi connectivity index (χ4n) is 3.26. The fraction of sp³-hybridized carbons (Fsp3) is 0.0526. The number of aromatic amines is 1. The molecule has 4 aromatic heterocycles. The number of aryl methyl sites for hydroxylation is 1. The molecule has 27 heavy (non-hydrogen) atoms. The normalized spacial score (nSPS) is 11.3. The minimum atomic E-state index is 0.454. The van der Waals surface area contributed by atoms with E-state index in [1.54, 1.807) is 12.5 Å². The number of rotatable bonds is 2. The van der Waals surface area contributed by atoms with Crippen LogP contribution in [0.3, 0.4) is 0 Å². The van der Waals surface area contributed by atoms with Gasteiger partial charge in [0.2, 0.25) is 0 Å². The lowest BCUT2D eigenvalue weighted by molar-refractivity contribution is 1.10. The maximum atomic E-state index is 6.11. The lowest BCUT2D eigenvalue weighted by Crippen LogP contribution is -2.00. The van der Waals surface area contributed by atoms with Crippen molar-refractivity contribution in [3.8, 4) is 22.5 Å². The van der Waals surface area contributed by atoms with Gasteiger partial charge in [0.05, 0.1) is 17.5 Å². The molecule has 0 aliphatic heterocycles. The average molecular weight is 354 g/mol. The number of para-hydroxylation sites is 1. The molecule has 8 nitrogen and oxygen atoms in total. The molecule has 1 aromatic carbocycles. The van der Waals surface area contributed by atoms with Crippen molar-refractivity contribution in [2.24, 2.45) is 0 Å². The first-order valence-electron chi connectivity index (χ1n) is 8.35. The number of imidazole rings is 1. The molecule has 0 bridgehead atoms. The molecule has 0 unspecified atom stereocenters. The minimum Gasteiger partial charge on any atom is -0.383 e. The van der Waals surface area contributed by atoms with Gasteiger partial charge in [-0.3, -0.25) is 4.98 Å². The summed E-state index contributed by atoms with van der Waals surface area (Å²) in [5.74, 6) is 1.07. The summed E-state index contributed by atoms with van der Waals surface area (Å²) in [6, 6.07) is 9.67. The third kappa shape index (κ3) is 2.38. The zero-order valence-electron chi connectivity index (χ0n) is 14.4. The molecule has 0 saturated heterocycles. The number of nitrogens with zero attached hydrogens (tertiary/aromatic N) is 6. The van der Waals surface area contributed by atoms with Gasteiger partial charge in [-0.25, -0.2) is 24.9 Å². The molecule has 0 aliphatic rings. The number of nitrogens with one attached hydrogen (secondary N) is 1. The summed E-state index contributed by atoms with van der Waals surface area (Å²) in [4.78, 5) is 29.5. The van der Waals surface area contributed by atoms with Gasteiger partial charge < -0.3 is 10.7 Å². The van der Waals surface area contributed by atoms with E-state index >= 15 is 0 Å². The van der Waals surface area contributed by atoms with E-state index in [0.29, 0.717) is 17.3 Å². The molecule has 130 valence electrons. The number of H-pyrrole nitrogens is 1. The largest absolute Gasteiger partial charge is 0.383 e. The van der Waals surface area contributed by atoms with Crippen molar-refractivity contribution >= 4 is 27.9 Å². The standard InChI is InChI=1S/C19H14N8/c1-10-26-15-11(4-2-5-13(15)18(20)27-10)14-12(6-3-7-21-14)16-17-19(24-8-22-16)25-9-23-17/h2-9H,1H3,(H2,20,26,27)(H,22,23,24,25). The van der Waals surface area contributed by atoms with Crippen LogP contribution < -0.4 is 5.73 Å². The van der Waals surface area contributed by atoms with E-state index in [4.69, 9.17) is 5.73 Å². The van der Waals surface area contributed by atoms with Crippen LogP contribution in [0.15, 0.2) is 49.2 Å². The molecule has 0 amide bonds. The summed E-state index contributed by atoms with van der Waals surface area (Å²) in [6.45, 7) is 1.82. The lowest BCUT2D eigenvalue weighted by Gasteiger charge is -2.11. The first-order chi connectivity index (χ1) is 13.2. The number of pyridine rings is 1. The van der Waals surface area contributed by atoms with Crippen molar-refractivity contribution in [1.29, 1.82) is 0 Å². The molecule has 8 heteroatoms. The van der Waals surface area contributed by atoms with Gasteiger partial charge >= 0.3 is 0 Å². The van der Waals surface area contributed by atoms with Crippen LogP contribution in [0, 0.1) is 6.92 Å². The predicted molar refractivity (Wildman–Crippen MR) is 103 cm³/mol. The van der Waals surface area contributed by atoms with Gasteiger partial charge in [-0.15, -0.1) is 0 Å². The smallest absolute Gasteiger partial charge is 0.181 e. The molecule has 0 atom stereocenters. The Kier molecular flexibility index (Phi) is 3.29. The molecule has 0 saturated carbocycles. The van der Waals surface area contributed by atoms with Crippen LogP contribution >= 0.6 is 0 Å². The second-order valence-corrected chi connectivity index (χ2v) is 6.08. The van der Waals surface area contributed by atoms with Gasteiger partial charge in [0.25, 0.3) is 0 Å². The van der Waals surface area contributed by atoms with E-state index in [1.165, 1.54) is 6.33 Å². The molecule has 0 radical (unpaired) electrons. The number of nitrogens with two attached hydrogens (primary N) is 1. The number of hydrogen-bond acceptors (Lipinski definition) is 7. The average Bonchev–Trinajstić information content (AvgIpc) is 3.16. The Morgan fingerprint density at radius 3 is 2.70 bits per heavy atom. The summed E-state index contributed by atoms with van der Waals surface area (Å²) in [7, 11) is 0. The van der Waals surface area contributed by atoms with Gasteiger partial charge in [0, 0.05) is 22.7 Å². The Morgan fingerprint density at radius 1 is 0.889 bits per heavy atom. The Morgan fingerprint density at radius 2 is 1.78 bits per heavy atom. The summed E-state index contributed by atoms with van der Waals surface area (Å²) < 4.78 is 0. The second-order valence-electron chi connectivity index (χ2n) is 6.08. The zero-order chi connectivity index (χ0) is 18.4. The number of nitrogen functional groups attached to an aromatic ring is 1.